The van der Waals surface area contributed by atoms with Crippen LogP contribution in [-0.2, 0) is 4.74 Å². The summed E-state index contributed by atoms with van der Waals surface area (Å²) in [6.45, 7) is 5.04. The first-order chi connectivity index (χ1) is 19.3. The SMILES string of the molecule is COCCOc1ccc(N2C(=S)N[C@@H](c3ccccn3)[C@H]2c2cc(C)n(-c3cc(Cl)ccc3OC)c2C)cc1Cl. The van der Waals surface area contributed by atoms with Gasteiger partial charge in [-0.15, -0.1) is 0 Å². The van der Waals surface area contributed by atoms with Crippen molar-refractivity contribution in [3.8, 4) is 17.2 Å². The summed E-state index contributed by atoms with van der Waals surface area (Å²) in [6, 6.07) is 19.0. The molecule has 2 aromatic carbocycles. The number of benzene rings is 2. The summed E-state index contributed by atoms with van der Waals surface area (Å²) in [7, 11) is 3.29. The van der Waals surface area contributed by atoms with Crippen molar-refractivity contribution in [2.75, 3.05) is 32.3 Å². The van der Waals surface area contributed by atoms with E-state index >= 15 is 0 Å². The first kappa shape index (κ1) is 28.2. The Morgan fingerprint density at radius 3 is 2.48 bits per heavy atom. The van der Waals surface area contributed by atoms with E-state index in [1.807, 2.05) is 54.6 Å². The first-order valence-corrected chi connectivity index (χ1v) is 13.9. The molecule has 2 aromatic heterocycles. The molecular formula is C30H30Cl2N4O3S. The summed E-state index contributed by atoms with van der Waals surface area (Å²) >= 11 is 19.0. The molecule has 0 radical (unpaired) electrons. The minimum Gasteiger partial charge on any atom is -0.495 e. The third-order valence-electron chi connectivity index (χ3n) is 7.01. The van der Waals surface area contributed by atoms with Crippen LogP contribution in [0.5, 0.6) is 11.5 Å². The third-order valence-corrected chi connectivity index (χ3v) is 7.85. The molecule has 208 valence electrons. The Labute approximate surface area is 249 Å². The number of anilines is 1. The molecule has 0 amide bonds. The number of hydrogen-bond acceptors (Lipinski definition) is 5. The average molecular weight is 598 g/mol. The van der Waals surface area contributed by atoms with Crippen LogP contribution in [0.3, 0.4) is 0 Å². The molecule has 1 fully saturated rings. The summed E-state index contributed by atoms with van der Waals surface area (Å²) in [5.41, 5.74) is 5.74. The van der Waals surface area contributed by atoms with Gasteiger partial charge in [0.25, 0.3) is 0 Å². The number of aryl methyl sites for hydroxylation is 1. The van der Waals surface area contributed by atoms with Gasteiger partial charge in [0.15, 0.2) is 5.11 Å². The lowest BCUT2D eigenvalue weighted by Crippen LogP contribution is -2.29. The van der Waals surface area contributed by atoms with Crippen LogP contribution in [0.25, 0.3) is 5.69 Å². The van der Waals surface area contributed by atoms with Crippen molar-refractivity contribution in [3.05, 3.63) is 99.6 Å². The van der Waals surface area contributed by atoms with Gasteiger partial charge >= 0.3 is 0 Å². The maximum absolute atomic E-state index is 6.67. The molecule has 1 saturated heterocycles. The molecular weight excluding hydrogens is 567 g/mol. The summed E-state index contributed by atoms with van der Waals surface area (Å²) in [4.78, 5) is 6.78. The quantitative estimate of drug-likeness (QED) is 0.165. The topological polar surface area (TPSA) is 60.8 Å². The Balaban J connectivity index is 1.63. The Bertz CT molecular complexity index is 1530. The van der Waals surface area contributed by atoms with Crippen LogP contribution in [0.4, 0.5) is 5.69 Å². The van der Waals surface area contributed by atoms with Gasteiger partial charge in [-0.05, 0) is 86.2 Å². The zero-order valence-electron chi connectivity index (χ0n) is 22.7. The van der Waals surface area contributed by atoms with Crippen molar-refractivity contribution in [1.82, 2.24) is 14.9 Å². The fourth-order valence-electron chi connectivity index (χ4n) is 5.24. The monoisotopic (exact) mass is 596 g/mol. The van der Waals surface area contributed by atoms with E-state index in [9.17, 15) is 0 Å². The van der Waals surface area contributed by atoms with Crippen LogP contribution < -0.4 is 19.7 Å². The van der Waals surface area contributed by atoms with Crippen molar-refractivity contribution in [2.24, 2.45) is 0 Å². The number of pyridine rings is 1. The number of halogens is 2. The number of nitrogens with zero attached hydrogens (tertiary/aromatic N) is 3. The van der Waals surface area contributed by atoms with Gasteiger partial charge in [-0.2, -0.15) is 0 Å². The van der Waals surface area contributed by atoms with E-state index in [1.54, 1.807) is 20.4 Å². The standard InChI is InChI=1S/C30H30Cl2N4O3S/c1-18-15-22(19(2)35(18)25-16-20(31)8-10-27(25)38-4)29-28(24-7-5-6-12-33-24)34-30(40)36(29)21-9-11-26(23(32)17-21)39-14-13-37-3/h5-12,15-17,28-29H,13-14H2,1-4H3,(H,34,40)/t28-,29+/m0/s1. The summed E-state index contributed by atoms with van der Waals surface area (Å²) in [5, 5.41) is 5.22. The molecule has 0 bridgehead atoms. The molecule has 40 heavy (non-hydrogen) atoms. The molecule has 0 unspecified atom stereocenters. The highest BCUT2D eigenvalue weighted by atomic mass is 35.5. The Morgan fingerprint density at radius 1 is 0.975 bits per heavy atom. The highest BCUT2D eigenvalue weighted by Crippen LogP contribution is 2.45. The maximum Gasteiger partial charge on any atom is 0.174 e. The number of thiocarbonyl (C=S) groups is 1. The summed E-state index contributed by atoms with van der Waals surface area (Å²) < 4.78 is 18.7. The molecule has 0 saturated carbocycles. The smallest absolute Gasteiger partial charge is 0.174 e. The van der Waals surface area contributed by atoms with Crippen LogP contribution >= 0.6 is 35.4 Å². The van der Waals surface area contributed by atoms with E-state index in [1.165, 1.54) is 0 Å². The van der Waals surface area contributed by atoms with E-state index in [0.717, 1.165) is 39.8 Å². The van der Waals surface area contributed by atoms with Gasteiger partial charge in [0.2, 0.25) is 0 Å². The fraction of sp³-hybridized carbons (Fsp3) is 0.267. The van der Waals surface area contributed by atoms with Crippen LogP contribution in [0.1, 0.15) is 34.7 Å². The molecule has 1 aliphatic rings. The first-order valence-electron chi connectivity index (χ1n) is 12.8. The second-order valence-corrected chi connectivity index (χ2v) is 10.7. The normalized spacial score (nSPS) is 16.8. The number of aromatic nitrogens is 2. The molecule has 0 spiro atoms. The van der Waals surface area contributed by atoms with E-state index in [0.29, 0.717) is 34.1 Å². The molecule has 0 aliphatic carbocycles. The largest absolute Gasteiger partial charge is 0.495 e. The number of rotatable bonds is 9. The van der Waals surface area contributed by atoms with Crippen LogP contribution in [0, 0.1) is 13.8 Å². The van der Waals surface area contributed by atoms with E-state index in [-0.39, 0.29) is 12.1 Å². The molecule has 3 heterocycles. The van der Waals surface area contributed by atoms with Gasteiger partial charge < -0.3 is 29.0 Å². The number of hydrogen-bond donors (Lipinski definition) is 1. The van der Waals surface area contributed by atoms with Gasteiger partial charge in [-0.3, -0.25) is 4.98 Å². The van der Waals surface area contributed by atoms with Gasteiger partial charge in [0, 0.05) is 35.4 Å². The van der Waals surface area contributed by atoms with Crippen molar-refractivity contribution in [2.45, 2.75) is 25.9 Å². The molecule has 1 N–H and O–H groups in total. The van der Waals surface area contributed by atoms with Gasteiger partial charge in [0.1, 0.15) is 18.1 Å². The maximum atomic E-state index is 6.67. The molecule has 2 atom stereocenters. The molecule has 5 rings (SSSR count). The van der Waals surface area contributed by atoms with E-state index in [2.05, 4.69) is 39.7 Å². The van der Waals surface area contributed by atoms with Crippen molar-refractivity contribution < 1.29 is 14.2 Å². The zero-order chi connectivity index (χ0) is 28.4. The Morgan fingerprint density at radius 2 is 1.77 bits per heavy atom. The van der Waals surface area contributed by atoms with Crippen molar-refractivity contribution >= 4 is 46.2 Å². The minimum atomic E-state index is -0.219. The third kappa shape index (κ3) is 5.37. The molecule has 1 aliphatic heterocycles. The lowest BCUT2D eigenvalue weighted by atomic mass is 9.96. The Kier molecular flexibility index (Phi) is 8.51. The second-order valence-electron chi connectivity index (χ2n) is 9.43. The number of nitrogens with one attached hydrogen (secondary N) is 1. The van der Waals surface area contributed by atoms with Crippen LogP contribution in [0.2, 0.25) is 10.0 Å². The molecule has 4 aromatic rings. The average Bonchev–Trinajstić information content (AvgIpc) is 3.44. The van der Waals surface area contributed by atoms with Gasteiger partial charge in [0.05, 0.1) is 42.2 Å². The highest BCUT2D eigenvalue weighted by molar-refractivity contribution is 7.80. The highest BCUT2D eigenvalue weighted by Gasteiger charge is 2.42. The van der Waals surface area contributed by atoms with Crippen molar-refractivity contribution in [1.29, 1.82) is 0 Å². The number of methoxy groups -OCH3 is 2. The van der Waals surface area contributed by atoms with Gasteiger partial charge in [-0.1, -0.05) is 29.3 Å². The summed E-state index contributed by atoms with van der Waals surface area (Å²) in [6.07, 6.45) is 1.79. The lowest BCUT2D eigenvalue weighted by Gasteiger charge is -2.28. The fourth-order valence-corrected chi connectivity index (χ4v) is 5.98. The second kappa shape index (κ2) is 12.1. The Hall–Kier alpha value is -3.30. The van der Waals surface area contributed by atoms with Crippen molar-refractivity contribution in [3.63, 3.8) is 0 Å². The predicted molar refractivity (Wildman–Crippen MR) is 164 cm³/mol. The van der Waals surface area contributed by atoms with Crippen LogP contribution in [0.15, 0.2) is 66.9 Å². The molecule has 7 nitrogen and oxygen atoms in total. The molecule has 10 heteroatoms. The lowest BCUT2D eigenvalue weighted by molar-refractivity contribution is 0.146. The van der Waals surface area contributed by atoms with E-state index < -0.39 is 0 Å². The predicted octanol–water partition coefficient (Wildman–Crippen LogP) is 7.01. The zero-order valence-corrected chi connectivity index (χ0v) is 25.0. The number of ether oxygens (including phenoxy) is 3. The summed E-state index contributed by atoms with van der Waals surface area (Å²) in [5.74, 6) is 1.32. The van der Waals surface area contributed by atoms with E-state index in [4.69, 9.17) is 49.6 Å². The van der Waals surface area contributed by atoms with Gasteiger partial charge in [-0.25, -0.2) is 0 Å². The van der Waals surface area contributed by atoms with Crippen LogP contribution in [-0.4, -0.2) is 42.1 Å². The minimum absolute atomic E-state index is 0.208.